The molecule has 1 aromatic heterocycles. The predicted molar refractivity (Wildman–Crippen MR) is 51.5 cm³/mol. The van der Waals surface area contributed by atoms with Gasteiger partial charge < -0.3 is 10.5 Å². The van der Waals surface area contributed by atoms with E-state index < -0.39 is 0 Å². The normalized spacial score (nSPS) is 9.00. The maximum absolute atomic E-state index is 5.40. The van der Waals surface area contributed by atoms with Gasteiger partial charge in [0.25, 0.3) is 0 Å². The average Bonchev–Trinajstić information content (AvgIpc) is 2.30. The molecule has 0 amide bonds. The van der Waals surface area contributed by atoms with Gasteiger partial charge in [-0.05, 0) is 27.5 Å². The number of hydrogen-bond acceptors (Lipinski definition) is 4. The molecule has 0 aliphatic heterocycles. The molecule has 3 nitrogen and oxygen atoms in total. The van der Waals surface area contributed by atoms with Gasteiger partial charge in [0, 0.05) is 6.54 Å². The maximum atomic E-state index is 5.40. The van der Waals surface area contributed by atoms with Gasteiger partial charge in [-0.2, -0.15) is 4.37 Å². The number of rotatable bonds is 2. The van der Waals surface area contributed by atoms with E-state index >= 15 is 0 Å². The molecule has 11 heavy (non-hydrogen) atoms. The van der Waals surface area contributed by atoms with E-state index in [4.69, 9.17) is 10.5 Å². The van der Waals surface area contributed by atoms with Crippen molar-refractivity contribution in [2.24, 2.45) is 5.73 Å². The lowest BCUT2D eigenvalue weighted by molar-refractivity contribution is 0.399. The van der Waals surface area contributed by atoms with Gasteiger partial charge in [-0.25, -0.2) is 0 Å². The van der Waals surface area contributed by atoms with Crippen LogP contribution in [0.4, 0.5) is 0 Å². The molecule has 0 aliphatic carbocycles. The van der Waals surface area contributed by atoms with Gasteiger partial charge in [0.2, 0.25) is 5.88 Å². The van der Waals surface area contributed by atoms with E-state index in [2.05, 4.69) is 20.3 Å². The summed E-state index contributed by atoms with van der Waals surface area (Å²) in [7, 11) is 1.58. The minimum Gasteiger partial charge on any atom is -0.480 e. The second-order valence-corrected chi connectivity index (χ2v) is 3.28. The zero-order valence-corrected chi connectivity index (χ0v) is 9.05. The summed E-state index contributed by atoms with van der Waals surface area (Å²) in [6.07, 6.45) is 0. The Bertz CT molecular complexity index is 209. The molecule has 0 aromatic carbocycles. The van der Waals surface area contributed by atoms with Crippen LogP contribution in [-0.4, -0.2) is 11.5 Å². The molecule has 0 spiro atoms. The van der Waals surface area contributed by atoms with Crippen molar-refractivity contribution in [2.75, 3.05) is 7.11 Å². The fourth-order valence-electron chi connectivity index (χ4n) is 0.550. The smallest absolute Gasteiger partial charge is 0.239 e. The quantitative estimate of drug-likeness (QED) is 0.881. The summed E-state index contributed by atoms with van der Waals surface area (Å²) in [4.78, 5) is 1.01. The van der Waals surface area contributed by atoms with Crippen LogP contribution in [0.15, 0.2) is 4.47 Å². The molecule has 1 aromatic rings. The minimum atomic E-state index is 0. The zero-order chi connectivity index (χ0) is 7.56. The van der Waals surface area contributed by atoms with Gasteiger partial charge in [0.15, 0.2) is 0 Å². The Morgan fingerprint density at radius 3 is 2.64 bits per heavy atom. The Hall–Kier alpha value is 0.160. The molecule has 64 valence electrons. The van der Waals surface area contributed by atoms with Crippen LogP contribution in [0.5, 0.6) is 5.88 Å². The van der Waals surface area contributed by atoms with Gasteiger partial charge in [-0.3, -0.25) is 0 Å². The summed E-state index contributed by atoms with van der Waals surface area (Å²) in [6, 6.07) is 0. The first-order valence-electron chi connectivity index (χ1n) is 2.67. The fraction of sp³-hybridized carbons (Fsp3) is 0.400. The van der Waals surface area contributed by atoms with Crippen LogP contribution in [0.3, 0.4) is 0 Å². The van der Waals surface area contributed by atoms with Crippen molar-refractivity contribution in [1.82, 2.24) is 4.37 Å². The Balaban J connectivity index is 0.000001000. The summed E-state index contributed by atoms with van der Waals surface area (Å²) in [5, 5.41) is 0. The molecular weight excluding hydrogens is 251 g/mol. The molecule has 0 aliphatic rings. The fourth-order valence-corrected chi connectivity index (χ4v) is 1.90. The highest BCUT2D eigenvalue weighted by Crippen LogP contribution is 2.30. The number of nitrogens with zero attached hydrogens (tertiary/aromatic N) is 1. The van der Waals surface area contributed by atoms with Crippen molar-refractivity contribution < 1.29 is 4.74 Å². The van der Waals surface area contributed by atoms with Crippen molar-refractivity contribution >= 4 is 39.9 Å². The van der Waals surface area contributed by atoms with Gasteiger partial charge in [0.05, 0.1) is 16.5 Å². The van der Waals surface area contributed by atoms with Gasteiger partial charge >= 0.3 is 0 Å². The molecule has 2 N–H and O–H groups in total. The van der Waals surface area contributed by atoms with E-state index in [0.29, 0.717) is 12.4 Å². The third kappa shape index (κ3) is 2.30. The van der Waals surface area contributed by atoms with Crippen molar-refractivity contribution in [3.63, 3.8) is 0 Å². The molecule has 0 radical (unpaired) electrons. The summed E-state index contributed by atoms with van der Waals surface area (Å²) in [5.41, 5.74) is 5.40. The molecule has 0 saturated heterocycles. The van der Waals surface area contributed by atoms with E-state index in [9.17, 15) is 0 Å². The number of ether oxygens (including phenoxy) is 1. The second kappa shape index (κ2) is 4.92. The minimum absolute atomic E-state index is 0. The van der Waals surface area contributed by atoms with Gasteiger partial charge in [-0.1, -0.05) is 0 Å². The standard InChI is InChI=1S/C5H7BrN2OS.ClH/c1-9-5-4(6)3(2-7)10-8-5;/h2,7H2,1H3;1H. The molecule has 0 fully saturated rings. The third-order valence-corrected chi connectivity index (χ3v) is 2.98. The molecule has 0 unspecified atom stereocenters. The first-order valence-corrected chi connectivity index (χ1v) is 4.24. The predicted octanol–water partition coefficient (Wildman–Crippen LogP) is 1.79. The third-order valence-electron chi connectivity index (χ3n) is 1.05. The molecule has 1 heterocycles. The molecule has 6 heteroatoms. The van der Waals surface area contributed by atoms with E-state index in [1.54, 1.807) is 7.11 Å². The molecule has 0 saturated carbocycles. The van der Waals surface area contributed by atoms with Gasteiger partial charge in [-0.15, -0.1) is 12.4 Å². The van der Waals surface area contributed by atoms with E-state index in [-0.39, 0.29) is 12.4 Å². The van der Waals surface area contributed by atoms with Crippen molar-refractivity contribution in [3.05, 3.63) is 9.35 Å². The molecular formula is C5H8BrClN2OS. The van der Waals surface area contributed by atoms with Crippen molar-refractivity contribution in [2.45, 2.75) is 6.54 Å². The lowest BCUT2D eigenvalue weighted by Crippen LogP contribution is -1.93. The van der Waals surface area contributed by atoms with Crippen molar-refractivity contribution in [3.8, 4) is 5.88 Å². The average molecular weight is 260 g/mol. The number of aromatic nitrogens is 1. The largest absolute Gasteiger partial charge is 0.480 e. The van der Waals surface area contributed by atoms with Crippen LogP contribution >= 0.6 is 39.9 Å². The lowest BCUT2D eigenvalue weighted by Gasteiger charge is -1.92. The van der Waals surface area contributed by atoms with Crippen LogP contribution in [-0.2, 0) is 6.54 Å². The molecule has 1 rings (SSSR count). The van der Waals surface area contributed by atoms with Crippen LogP contribution in [0.25, 0.3) is 0 Å². The van der Waals surface area contributed by atoms with E-state index in [1.807, 2.05) is 0 Å². The summed E-state index contributed by atoms with van der Waals surface area (Å²) in [6.45, 7) is 0.502. The van der Waals surface area contributed by atoms with E-state index in [0.717, 1.165) is 9.35 Å². The Labute approximate surface area is 83.6 Å². The number of hydrogen-bond donors (Lipinski definition) is 1. The van der Waals surface area contributed by atoms with Gasteiger partial charge in [0.1, 0.15) is 0 Å². The summed E-state index contributed by atoms with van der Waals surface area (Å²) >= 11 is 4.67. The summed E-state index contributed by atoms with van der Waals surface area (Å²) in [5.74, 6) is 0.616. The highest BCUT2D eigenvalue weighted by molar-refractivity contribution is 9.10. The Kier molecular flexibility index (Phi) is 4.99. The highest BCUT2D eigenvalue weighted by atomic mass is 79.9. The Morgan fingerprint density at radius 1 is 1.73 bits per heavy atom. The topological polar surface area (TPSA) is 48.1 Å². The first-order chi connectivity index (χ1) is 4.79. The molecule has 0 bridgehead atoms. The van der Waals surface area contributed by atoms with E-state index in [1.165, 1.54) is 11.5 Å². The lowest BCUT2D eigenvalue weighted by atomic mass is 10.5. The maximum Gasteiger partial charge on any atom is 0.239 e. The van der Waals surface area contributed by atoms with Crippen molar-refractivity contribution in [1.29, 1.82) is 0 Å². The number of halogens is 2. The number of nitrogens with two attached hydrogens (primary N) is 1. The SMILES string of the molecule is COc1nsc(CN)c1Br.Cl. The second-order valence-electron chi connectivity index (χ2n) is 1.63. The summed E-state index contributed by atoms with van der Waals surface area (Å²) < 4.78 is 9.80. The number of methoxy groups -OCH3 is 1. The van der Waals surface area contributed by atoms with Crippen LogP contribution in [0, 0.1) is 0 Å². The zero-order valence-electron chi connectivity index (χ0n) is 5.83. The van der Waals surface area contributed by atoms with Crippen LogP contribution in [0.2, 0.25) is 0 Å². The van der Waals surface area contributed by atoms with Crippen LogP contribution < -0.4 is 10.5 Å². The van der Waals surface area contributed by atoms with Crippen LogP contribution in [0.1, 0.15) is 4.88 Å². The monoisotopic (exact) mass is 258 g/mol. The molecule has 0 atom stereocenters. The highest BCUT2D eigenvalue weighted by Gasteiger charge is 2.08. The first kappa shape index (κ1) is 11.2. The Morgan fingerprint density at radius 2 is 2.36 bits per heavy atom.